The number of amides is 2. The van der Waals surface area contributed by atoms with Crippen LogP contribution < -0.4 is 9.62 Å². The lowest BCUT2D eigenvalue weighted by Crippen LogP contribution is -2.51. The van der Waals surface area contributed by atoms with E-state index >= 15 is 0 Å². The van der Waals surface area contributed by atoms with Crippen LogP contribution in [0.25, 0.3) is 0 Å². The van der Waals surface area contributed by atoms with Crippen molar-refractivity contribution in [2.24, 2.45) is 0 Å². The minimum absolute atomic E-state index is 0.00588. The van der Waals surface area contributed by atoms with E-state index in [2.05, 4.69) is 5.32 Å². The number of halogens is 1. The first kappa shape index (κ1) is 28.8. The number of hydrogen-bond acceptors (Lipinski definition) is 4. The van der Waals surface area contributed by atoms with Gasteiger partial charge in [0.25, 0.3) is 10.0 Å². The van der Waals surface area contributed by atoms with Crippen LogP contribution in [0, 0.1) is 19.7 Å². The van der Waals surface area contributed by atoms with Gasteiger partial charge in [0.2, 0.25) is 11.8 Å². The minimum Gasteiger partial charge on any atom is -0.354 e. The van der Waals surface area contributed by atoms with Gasteiger partial charge in [-0.3, -0.25) is 13.9 Å². The lowest BCUT2D eigenvalue weighted by Gasteiger charge is -2.32. The Morgan fingerprint density at radius 3 is 2.24 bits per heavy atom. The van der Waals surface area contributed by atoms with Gasteiger partial charge in [-0.15, -0.1) is 0 Å². The highest BCUT2D eigenvalue weighted by atomic mass is 32.2. The van der Waals surface area contributed by atoms with Crippen molar-refractivity contribution in [3.8, 4) is 0 Å². The molecule has 202 valence electrons. The third-order valence-corrected chi connectivity index (χ3v) is 7.99. The number of rotatable bonds is 11. The maximum atomic E-state index is 13.8. The molecule has 0 fully saturated rings. The van der Waals surface area contributed by atoms with Crippen LogP contribution in [0.3, 0.4) is 0 Å². The van der Waals surface area contributed by atoms with Crippen molar-refractivity contribution < 1.29 is 22.4 Å². The molecule has 0 bridgehead atoms. The number of hydrogen-bond donors (Lipinski definition) is 1. The molecule has 1 atom stereocenters. The highest BCUT2D eigenvalue weighted by Crippen LogP contribution is 2.28. The number of nitrogens with zero attached hydrogens (tertiary/aromatic N) is 2. The van der Waals surface area contributed by atoms with E-state index in [9.17, 15) is 22.4 Å². The quantitative estimate of drug-likeness (QED) is 0.387. The Bertz CT molecular complexity index is 1360. The number of aryl methyl sites for hydroxylation is 2. The molecule has 3 aromatic rings. The van der Waals surface area contributed by atoms with Crippen molar-refractivity contribution >= 4 is 27.5 Å². The van der Waals surface area contributed by atoms with Crippen LogP contribution in [0.15, 0.2) is 77.7 Å². The summed E-state index contributed by atoms with van der Waals surface area (Å²) in [5.41, 5.74) is 2.63. The predicted octanol–water partition coefficient (Wildman–Crippen LogP) is 4.58. The molecule has 0 aliphatic carbocycles. The van der Waals surface area contributed by atoms with Crippen LogP contribution in [0.5, 0.6) is 0 Å². The van der Waals surface area contributed by atoms with Crippen molar-refractivity contribution in [2.45, 2.75) is 51.6 Å². The van der Waals surface area contributed by atoms with E-state index in [0.717, 1.165) is 16.3 Å². The summed E-state index contributed by atoms with van der Waals surface area (Å²) >= 11 is 0. The van der Waals surface area contributed by atoms with E-state index in [1.165, 1.54) is 41.3 Å². The molecule has 0 aliphatic rings. The van der Waals surface area contributed by atoms with Crippen molar-refractivity contribution in [1.29, 1.82) is 0 Å². The number of anilines is 1. The minimum atomic E-state index is -4.12. The molecule has 9 heteroatoms. The molecular weight excluding hydrogens is 505 g/mol. The highest BCUT2D eigenvalue weighted by Gasteiger charge is 2.33. The van der Waals surface area contributed by atoms with Gasteiger partial charge < -0.3 is 10.2 Å². The maximum Gasteiger partial charge on any atom is 0.264 e. The van der Waals surface area contributed by atoms with Crippen molar-refractivity contribution in [3.63, 3.8) is 0 Å². The first-order valence-electron chi connectivity index (χ1n) is 12.5. The molecule has 0 saturated carbocycles. The monoisotopic (exact) mass is 539 g/mol. The summed E-state index contributed by atoms with van der Waals surface area (Å²) in [4.78, 5) is 28.1. The SMILES string of the molecule is CCCNC(=O)[C@H](C)N(Cc1ccc(F)cc1)C(=O)CN(c1ccc(C)cc1C)S(=O)(=O)c1ccccc1. The van der Waals surface area contributed by atoms with E-state index in [-0.39, 0.29) is 17.3 Å². The molecule has 0 aromatic heterocycles. The Kier molecular flexibility index (Phi) is 9.63. The van der Waals surface area contributed by atoms with Gasteiger partial charge in [-0.2, -0.15) is 0 Å². The van der Waals surface area contributed by atoms with Gasteiger partial charge in [-0.1, -0.05) is 55.0 Å². The molecule has 0 spiro atoms. The molecule has 7 nitrogen and oxygen atoms in total. The average molecular weight is 540 g/mol. The van der Waals surface area contributed by atoms with E-state index in [1.807, 2.05) is 19.9 Å². The van der Waals surface area contributed by atoms with Crippen LogP contribution in [-0.2, 0) is 26.2 Å². The van der Waals surface area contributed by atoms with Crippen LogP contribution >= 0.6 is 0 Å². The van der Waals surface area contributed by atoms with E-state index in [4.69, 9.17) is 0 Å². The Hall–Kier alpha value is -3.72. The van der Waals surface area contributed by atoms with Crippen LogP contribution in [0.4, 0.5) is 10.1 Å². The third kappa shape index (κ3) is 6.98. The van der Waals surface area contributed by atoms with Gasteiger partial charge in [0.05, 0.1) is 10.6 Å². The number of carbonyl (C=O) groups is 2. The fourth-order valence-electron chi connectivity index (χ4n) is 4.08. The molecular formula is C29H34FN3O4S. The van der Waals surface area contributed by atoms with Gasteiger partial charge in [0.15, 0.2) is 0 Å². The zero-order valence-corrected chi connectivity index (χ0v) is 23.0. The molecule has 0 aliphatic heterocycles. The molecule has 0 heterocycles. The van der Waals surface area contributed by atoms with E-state index in [1.54, 1.807) is 44.2 Å². The fourth-order valence-corrected chi connectivity index (χ4v) is 5.58. The molecule has 0 unspecified atom stereocenters. The number of benzene rings is 3. The topological polar surface area (TPSA) is 86.8 Å². The normalized spacial score (nSPS) is 12.0. The average Bonchev–Trinajstić information content (AvgIpc) is 2.90. The summed E-state index contributed by atoms with van der Waals surface area (Å²) in [5, 5.41) is 2.79. The summed E-state index contributed by atoms with van der Waals surface area (Å²) < 4.78 is 42.2. The Balaban J connectivity index is 2.03. The number of sulfonamides is 1. The molecule has 0 saturated heterocycles. The second-order valence-corrected chi connectivity index (χ2v) is 11.1. The molecule has 3 rings (SSSR count). The summed E-state index contributed by atoms with van der Waals surface area (Å²) in [5.74, 6) is -1.34. The van der Waals surface area contributed by atoms with Gasteiger partial charge in [-0.25, -0.2) is 12.8 Å². The van der Waals surface area contributed by atoms with Gasteiger partial charge >= 0.3 is 0 Å². The molecule has 0 radical (unpaired) electrons. The summed E-state index contributed by atoms with van der Waals surface area (Å²) in [6.07, 6.45) is 0.722. The molecule has 3 aromatic carbocycles. The van der Waals surface area contributed by atoms with Gasteiger partial charge in [0, 0.05) is 13.1 Å². The van der Waals surface area contributed by atoms with E-state index < -0.39 is 34.3 Å². The Morgan fingerprint density at radius 1 is 0.974 bits per heavy atom. The maximum absolute atomic E-state index is 13.8. The Labute approximate surface area is 224 Å². The number of carbonyl (C=O) groups excluding carboxylic acids is 2. The third-order valence-electron chi connectivity index (χ3n) is 6.21. The second-order valence-electron chi connectivity index (χ2n) is 9.23. The first-order valence-corrected chi connectivity index (χ1v) is 13.9. The zero-order valence-electron chi connectivity index (χ0n) is 22.1. The molecule has 2 amide bonds. The van der Waals surface area contributed by atoms with Crippen LogP contribution in [0.2, 0.25) is 0 Å². The second kappa shape index (κ2) is 12.7. The van der Waals surface area contributed by atoms with Gasteiger partial charge in [-0.05, 0) is 68.7 Å². The van der Waals surface area contributed by atoms with Crippen molar-refractivity contribution in [3.05, 3.63) is 95.3 Å². The molecule has 38 heavy (non-hydrogen) atoms. The van der Waals surface area contributed by atoms with Crippen molar-refractivity contribution in [1.82, 2.24) is 10.2 Å². The smallest absolute Gasteiger partial charge is 0.264 e. The Morgan fingerprint density at radius 2 is 1.63 bits per heavy atom. The summed E-state index contributed by atoms with van der Waals surface area (Å²) in [7, 11) is -4.12. The largest absolute Gasteiger partial charge is 0.354 e. The first-order chi connectivity index (χ1) is 18.0. The van der Waals surface area contributed by atoms with Crippen LogP contribution in [0.1, 0.15) is 37.0 Å². The lowest BCUT2D eigenvalue weighted by atomic mass is 10.1. The standard InChI is InChI=1S/C29H34FN3O4S/c1-5-17-31-29(35)23(4)32(19-24-12-14-25(30)15-13-24)28(34)20-33(27-16-11-21(2)18-22(27)3)38(36,37)26-9-7-6-8-10-26/h6-16,18,23H,5,17,19-20H2,1-4H3,(H,31,35)/t23-/m0/s1. The summed E-state index contributed by atoms with van der Waals surface area (Å²) in [6.45, 7) is 7.14. The zero-order chi connectivity index (χ0) is 27.9. The number of nitrogens with one attached hydrogen (secondary N) is 1. The van der Waals surface area contributed by atoms with Crippen LogP contribution in [-0.4, -0.2) is 44.3 Å². The lowest BCUT2D eigenvalue weighted by molar-refractivity contribution is -0.139. The van der Waals surface area contributed by atoms with E-state index in [0.29, 0.717) is 23.4 Å². The fraction of sp³-hybridized carbons (Fsp3) is 0.310. The molecule has 1 N–H and O–H groups in total. The highest BCUT2D eigenvalue weighted by molar-refractivity contribution is 7.92. The van der Waals surface area contributed by atoms with Gasteiger partial charge in [0.1, 0.15) is 18.4 Å². The summed E-state index contributed by atoms with van der Waals surface area (Å²) in [6, 6.07) is 18.0. The predicted molar refractivity (Wildman–Crippen MR) is 147 cm³/mol. The van der Waals surface area contributed by atoms with Crippen molar-refractivity contribution in [2.75, 3.05) is 17.4 Å².